The van der Waals surface area contributed by atoms with Gasteiger partial charge in [-0.2, -0.15) is 0 Å². The van der Waals surface area contributed by atoms with Crippen molar-refractivity contribution < 1.29 is 18.8 Å². The monoisotopic (exact) mass is 274 g/mol. The first kappa shape index (κ1) is 13.8. The average molecular weight is 274 g/mol. The van der Waals surface area contributed by atoms with Crippen LogP contribution in [0.25, 0.3) is 0 Å². The van der Waals surface area contributed by atoms with Gasteiger partial charge >= 0.3 is 0 Å². The van der Waals surface area contributed by atoms with E-state index in [0.29, 0.717) is 5.69 Å². The van der Waals surface area contributed by atoms with E-state index in [2.05, 4.69) is 26.8 Å². The standard InChI is InChI=1S/C14H11FN2O3/c15-13-7-11(5-4-10(13)3-1-2-6-18)14(19)17-12-8-16-20-9-12/h4-5,7-9,18H,2,6H2,(H,17,19). The maximum Gasteiger partial charge on any atom is 0.255 e. The summed E-state index contributed by atoms with van der Waals surface area (Å²) >= 11 is 0. The van der Waals surface area contributed by atoms with Crippen LogP contribution in [0.1, 0.15) is 22.3 Å². The summed E-state index contributed by atoms with van der Waals surface area (Å²) in [5.74, 6) is 4.14. The summed E-state index contributed by atoms with van der Waals surface area (Å²) < 4.78 is 18.3. The molecule has 6 heteroatoms. The van der Waals surface area contributed by atoms with Gasteiger partial charge < -0.3 is 14.9 Å². The topological polar surface area (TPSA) is 75.4 Å². The lowest BCUT2D eigenvalue weighted by molar-refractivity contribution is 0.102. The molecular weight excluding hydrogens is 263 g/mol. The molecule has 0 unspecified atom stereocenters. The Kier molecular flexibility index (Phi) is 4.47. The number of benzene rings is 1. The lowest BCUT2D eigenvalue weighted by atomic mass is 10.1. The second-order valence-electron chi connectivity index (χ2n) is 3.84. The Morgan fingerprint density at radius 2 is 2.35 bits per heavy atom. The SMILES string of the molecule is O=C(Nc1cnoc1)c1ccc(C#CCCO)c(F)c1. The molecule has 0 bridgehead atoms. The molecule has 0 spiro atoms. The van der Waals surface area contributed by atoms with E-state index in [1.165, 1.54) is 24.6 Å². The van der Waals surface area contributed by atoms with Crippen molar-refractivity contribution in [3.63, 3.8) is 0 Å². The van der Waals surface area contributed by atoms with E-state index < -0.39 is 11.7 Å². The molecule has 0 fully saturated rings. The number of halogens is 1. The van der Waals surface area contributed by atoms with E-state index >= 15 is 0 Å². The van der Waals surface area contributed by atoms with Gasteiger partial charge in [-0.3, -0.25) is 4.79 Å². The molecule has 0 radical (unpaired) electrons. The lowest BCUT2D eigenvalue weighted by Gasteiger charge is -2.03. The number of rotatable bonds is 3. The normalized spacial score (nSPS) is 9.70. The van der Waals surface area contributed by atoms with Crippen LogP contribution in [0.2, 0.25) is 0 Å². The maximum atomic E-state index is 13.7. The summed E-state index contributed by atoms with van der Waals surface area (Å²) in [4.78, 5) is 11.8. The van der Waals surface area contributed by atoms with E-state index in [-0.39, 0.29) is 24.2 Å². The van der Waals surface area contributed by atoms with Crippen molar-refractivity contribution in [2.24, 2.45) is 0 Å². The highest BCUT2D eigenvalue weighted by Gasteiger charge is 2.10. The van der Waals surface area contributed by atoms with Crippen LogP contribution in [0.15, 0.2) is 35.2 Å². The molecule has 5 nitrogen and oxygen atoms in total. The zero-order chi connectivity index (χ0) is 14.4. The van der Waals surface area contributed by atoms with E-state index in [1.807, 2.05) is 0 Å². The predicted octanol–water partition coefficient (Wildman–Crippen LogP) is 1.80. The molecule has 2 N–H and O–H groups in total. The Hall–Kier alpha value is -2.65. The van der Waals surface area contributed by atoms with Crippen molar-refractivity contribution in [2.45, 2.75) is 6.42 Å². The van der Waals surface area contributed by atoms with Gasteiger partial charge in [0.25, 0.3) is 5.91 Å². The number of aliphatic hydroxyl groups is 1. The fraction of sp³-hybridized carbons (Fsp3) is 0.143. The Balaban J connectivity index is 2.12. The van der Waals surface area contributed by atoms with Crippen molar-refractivity contribution in [3.05, 3.63) is 47.6 Å². The van der Waals surface area contributed by atoms with Crippen molar-refractivity contribution in [1.82, 2.24) is 5.16 Å². The summed E-state index contributed by atoms with van der Waals surface area (Å²) in [7, 11) is 0. The van der Waals surface area contributed by atoms with Gasteiger partial charge in [-0.25, -0.2) is 4.39 Å². The van der Waals surface area contributed by atoms with Gasteiger partial charge in [0, 0.05) is 12.0 Å². The van der Waals surface area contributed by atoms with Crippen LogP contribution in [0.3, 0.4) is 0 Å². The third kappa shape index (κ3) is 3.43. The van der Waals surface area contributed by atoms with Crippen molar-refractivity contribution in [3.8, 4) is 11.8 Å². The minimum absolute atomic E-state index is 0.0756. The Labute approximate surface area is 114 Å². The van der Waals surface area contributed by atoms with Crippen LogP contribution in [-0.4, -0.2) is 22.8 Å². The molecule has 1 aromatic carbocycles. The quantitative estimate of drug-likeness (QED) is 0.837. The van der Waals surface area contributed by atoms with Gasteiger partial charge in [-0.1, -0.05) is 17.0 Å². The molecule has 0 aliphatic carbocycles. The van der Waals surface area contributed by atoms with Crippen LogP contribution in [0, 0.1) is 17.7 Å². The Morgan fingerprint density at radius 3 is 3.00 bits per heavy atom. The highest BCUT2D eigenvalue weighted by molar-refractivity contribution is 6.04. The Morgan fingerprint density at radius 1 is 1.50 bits per heavy atom. The number of carbonyl (C=O) groups is 1. The summed E-state index contributed by atoms with van der Waals surface area (Å²) in [5, 5.41) is 14.5. The molecule has 2 rings (SSSR count). The lowest BCUT2D eigenvalue weighted by Crippen LogP contribution is -2.11. The number of aliphatic hydroxyl groups excluding tert-OH is 1. The van der Waals surface area contributed by atoms with Crippen molar-refractivity contribution in [1.29, 1.82) is 0 Å². The fourth-order valence-corrected chi connectivity index (χ4v) is 1.44. The first-order valence-corrected chi connectivity index (χ1v) is 5.80. The predicted molar refractivity (Wildman–Crippen MR) is 69.4 cm³/mol. The summed E-state index contributed by atoms with van der Waals surface area (Å²) in [6, 6.07) is 3.99. The third-order valence-corrected chi connectivity index (χ3v) is 2.38. The number of aromatic nitrogens is 1. The number of nitrogens with zero attached hydrogens (tertiary/aromatic N) is 1. The number of hydrogen-bond acceptors (Lipinski definition) is 4. The number of nitrogens with one attached hydrogen (secondary N) is 1. The zero-order valence-electron chi connectivity index (χ0n) is 10.4. The van der Waals surface area contributed by atoms with Crippen LogP contribution in [0.4, 0.5) is 10.1 Å². The van der Waals surface area contributed by atoms with Gasteiger partial charge in [-0.15, -0.1) is 0 Å². The van der Waals surface area contributed by atoms with Crippen LogP contribution in [-0.2, 0) is 0 Å². The second kappa shape index (κ2) is 6.50. The van der Waals surface area contributed by atoms with Crippen LogP contribution < -0.4 is 5.32 Å². The van der Waals surface area contributed by atoms with Gasteiger partial charge in [0.15, 0.2) is 0 Å². The molecule has 1 amide bonds. The first-order valence-electron chi connectivity index (χ1n) is 5.80. The van der Waals surface area contributed by atoms with Crippen molar-refractivity contribution >= 4 is 11.6 Å². The van der Waals surface area contributed by atoms with Crippen LogP contribution >= 0.6 is 0 Å². The fourth-order valence-electron chi connectivity index (χ4n) is 1.44. The molecule has 1 heterocycles. The molecule has 2 aromatic rings. The highest BCUT2D eigenvalue weighted by atomic mass is 19.1. The Bertz CT molecular complexity index is 657. The zero-order valence-corrected chi connectivity index (χ0v) is 10.4. The molecule has 0 saturated carbocycles. The van der Waals surface area contributed by atoms with E-state index in [4.69, 9.17) is 5.11 Å². The average Bonchev–Trinajstić information content (AvgIpc) is 2.93. The minimum atomic E-state index is -0.589. The highest BCUT2D eigenvalue weighted by Crippen LogP contribution is 2.12. The second-order valence-corrected chi connectivity index (χ2v) is 3.84. The third-order valence-electron chi connectivity index (χ3n) is 2.38. The van der Waals surface area contributed by atoms with Gasteiger partial charge in [-0.05, 0) is 18.2 Å². The molecule has 0 saturated heterocycles. The minimum Gasteiger partial charge on any atom is -0.395 e. The number of anilines is 1. The summed E-state index contributed by atoms with van der Waals surface area (Å²) in [6.45, 7) is -0.0756. The first-order chi connectivity index (χ1) is 9.70. The molecule has 0 atom stereocenters. The largest absolute Gasteiger partial charge is 0.395 e. The molecule has 0 aliphatic heterocycles. The molecule has 102 valence electrons. The maximum absolute atomic E-state index is 13.7. The van der Waals surface area contributed by atoms with Gasteiger partial charge in [0.05, 0.1) is 18.4 Å². The van der Waals surface area contributed by atoms with Gasteiger partial charge in [0.1, 0.15) is 17.8 Å². The smallest absolute Gasteiger partial charge is 0.255 e. The van der Waals surface area contributed by atoms with E-state index in [9.17, 15) is 9.18 Å². The van der Waals surface area contributed by atoms with Crippen LogP contribution in [0.5, 0.6) is 0 Å². The number of carbonyl (C=O) groups excluding carboxylic acids is 1. The van der Waals surface area contributed by atoms with E-state index in [0.717, 1.165) is 6.07 Å². The number of amides is 1. The van der Waals surface area contributed by atoms with Gasteiger partial charge in [0.2, 0.25) is 0 Å². The molecule has 0 aliphatic rings. The molecular formula is C14H11FN2O3. The van der Waals surface area contributed by atoms with Crippen molar-refractivity contribution in [2.75, 3.05) is 11.9 Å². The summed E-state index contributed by atoms with van der Waals surface area (Å²) in [6.07, 6.45) is 2.88. The summed E-state index contributed by atoms with van der Waals surface area (Å²) in [5.41, 5.74) is 0.735. The molecule has 1 aromatic heterocycles. The molecule has 20 heavy (non-hydrogen) atoms. The van der Waals surface area contributed by atoms with E-state index in [1.54, 1.807) is 0 Å². The number of hydrogen-bond donors (Lipinski definition) is 2.